The molecule has 0 aliphatic carbocycles. The Hall–Kier alpha value is -3.64. The highest BCUT2D eigenvalue weighted by Gasteiger charge is 2.19. The van der Waals surface area contributed by atoms with Crippen LogP contribution in [0.4, 0.5) is 0 Å². The number of rotatable bonds is 7. The largest absolute Gasteiger partial charge is 0.0622 e. The van der Waals surface area contributed by atoms with E-state index in [2.05, 4.69) is 127 Å². The Morgan fingerprint density at radius 2 is 1.19 bits per heavy atom. The van der Waals surface area contributed by atoms with E-state index in [0.717, 1.165) is 19.3 Å². The normalized spacial score (nSPS) is 11.2. The highest BCUT2D eigenvalue weighted by atomic mass is 14.2. The van der Waals surface area contributed by atoms with Crippen LogP contribution in [0.5, 0.6) is 0 Å². The van der Waals surface area contributed by atoms with Crippen LogP contribution in [0.15, 0.2) is 127 Å². The quantitative estimate of drug-likeness (QED) is 0.253. The van der Waals surface area contributed by atoms with Gasteiger partial charge in [-0.1, -0.05) is 127 Å². The van der Waals surface area contributed by atoms with Gasteiger partial charge in [-0.15, -0.1) is 0 Å². The third-order valence-electron chi connectivity index (χ3n) is 6.23. The van der Waals surface area contributed by atoms with Gasteiger partial charge in [0.05, 0.1) is 0 Å². The number of hydrogen-bond acceptors (Lipinski definition) is 0. The van der Waals surface area contributed by atoms with Crippen molar-refractivity contribution in [3.05, 3.63) is 150 Å². The fourth-order valence-electron chi connectivity index (χ4n) is 4.60. The average Bonchev–Trinajstić information content (AvgIpc) is 2.88. The van der Waals surface area contributed by atoms with Crippen molar-refractivity contribution in [3.63, 3.8) is 0 Å². The molecule has 0 heteroatoms. The summed E-state index contributed by atoms with van der Waals surface area (Å²) in [5.74, 6) is 1.49. The third-order valence-corrected chi connectivity index (χ3v) is 6.23. The van der Waals surface area contributed by atoms with Gasteiger partial charge < -0.3 is 0 Å². The molecule has 155 valence electrons. The van der Waals surface area contributed by atoms with Crippen LogP contribution >= 0.6 is 0 Å². The molecular formula is C32H27. The van der Waals surface area contributed by atoms with Crippen molar-refractivity contribution >= 4 is 10.8 Å². The summed E-state index contributed by atoms with van der Waals surface area (Å²) in [6.07, 6.45) is 3.04. The molecular weight excluding hydrogens is 384 g/mol. The van der Waals surface area contributed by atoms with Gasteiger partial charge in [0.15, 0.2) is 0 Å². The molecule has 0 fully saturated rings. The van der Waals surface area contributed by atoms with Gasteiger partial charge in [0.1, 0.15) is 0 Å². The first-order chi connectivity index (χ1) is 15.9. The fourth-order valence-corrected chi connectivity index (χ4v) is 4.60. The molecule has 0 N–H and O–H groups in total. The third kappa shape index (κ3) is 4.50. The minimum atomic E-state index is 0.956. The van der Waals surface area contributed by atoms with Crippen LogP contribution in [0.1, 0.15) is 23.1 Å². The Bertz CT molecular complexity index is 1280. The Balaban J connectivity index is 1.55. The van der Waals surface area contributed by atoms with E-state index in [4.69, 9.17) is 0 Å². The lowest BCUT2D eigenvalue weighted by Gasteiger charge is -2.22. The molecule has 5 aromatic carbocycles. The summed E-state index contributed by atoms with van der Waals surface area (Å²) < 4.78 is 0. The number of aryl methyl sites for hydroxylation is 1. The molecule has 0 saturated heterocycles. The molecule has 0 aliphatic rings. The molecule has 0 spiro atoms. The summed E-state index contributed by atoms with van der Waals surface area (Å²) in [4.78, 5) is 0. The predicted octanol–water partition coefficient (Wildman–Crippen LogP) is 8.30. The maximum Gasteiger partial charge on any atom is 0.0103 e. The first kappa shape index (κ1) is 20.3. The monoisotopic (exact) mass is 411 g/mol. The van der Waals surface area contributed by atoms with Gasteiger partial charge in [-0.2, -0.15) is 0 Å². The zero-order chi connectivity index (χ0) is 21.6. The van der Waals surface area contributed by atoms with E-state index in [1.54, 1.807) is 0 Å². The minimum Gasteiger partial charge on any atom is -0.0622 e. The molecule has 0 unspecified atom stereocenters. The van der Waals surface area contributed by atoms with Gasteiger partial charge >= 0.3 is 0 Å². The van der Waals surface area contributed by atoms with Gasteiger partial charge in [0.25, 0.3) is 0 Å². The molecule has 0 saturated carbocycles. The second kappa shape index (κ2) is 9.66. The molecule has 0 nitrogen and oxygen atoms in total. The molecule has 0 aliphatic heterocycles. The topological polar surface area (TPSA) is 0 Å². The molecule has 0 amide bonds. The average molecular weight is 412 g/mol. The second-order valence-electron chi connectivity index (χ2n) is 8.32. The molecule has 5 rings (SSSR count). The number of fused-ring (bicyclic) bond motifs is 1. The summed E-state index contributed by atoms with van der Waals surface area (Å²) in [5, 5.41) is 2.66. The van der Waals surface area contributed by atoms with Crippen LogP contribution in [0, 0.1) is 5.92 Å². The molecule has 1 radical (unpaired) electrons. The fraction of sp³-hybridized carbons (Fsp3) is 0.0938. The molecule has 32 heavy (non-hydrogen) atoms. The maximum absolute atomic E-state index is 2.30. The van der Waals surface area contributed by atoms with E-state index in [-0.39, 0.29) is 0 Å². The first-order valence-corrected chi connectivity index (χ1v) is 11.4. The lowest BCUT2D eigenvalue weighted by Crippen LogP contribution is -2.08. The standard InChI is InChI=1S/C32H27/c1-3-12-25(13-4-1)22-23-29(24-28-18-11-17-26-16-7-8-19-30(26)28)32-21-10-9-20-31(32)27-14-5-2-6-15-27/h1-21H,22-24H2. The van der Waals surface area contributed by atoms with Gasteiger partial charge in [-0.3, -0.25) is 0 Å². The lowest BCUT2D eigenvalue weighted by atomic mass is 9.82. The van der Waals surface area contributed by atoms with Crippen molar-refractivity contribution in [2.45, 2.75) is 19.3 Å². The Kier molecular flexibility index (Phi) is 6.12. The Morgan fingerprint density at radius 3 is 2.03 bits per heavy atom. The lowest BCUT2D eigenvalue weighted by molar-refractivity contribution is 0.806. The van der Waals surface area contributed by atoms with Gasteiger partial charge in [0, 0.05) is 5.92 Å². The maximum atomic E-state index is 2.30. The zero-order valence-electron chi connectivity index (χ0n) is 18.2. The van der Waals surface area contributed by atoms with Crippen molar-refractivity contribution in [2.24, 2.45) is 0 Å². The van der Waals surface area contributed by atoms with Crippen LogP contribution < -0.4 is 0 Å². The van der Waals surface area contributed by atoms with Crippen molar-refractivity contribution in [3.8, 4) is 11.1 Å². The molecule has 5 aromatic rings. The second-order valence-corrected chi connectivity index (χ2v) is 8.32. The summed E-state index contributed by atoms with van der Waals surface area (Å²) >= 11 is 0. The van der Waals surface area contributed by atoms with Crippen molar-refractivity contribution in [1.29, 1.82) is 0 Å². The zero-order valence-corrected chi connectivity index (χ0v) is 18.2. The molecule has 0 aromatic heterocycles. The predicted molar refractivity (Wildman–Crippen MR) is 137 cm³/mol. The number of benzene rings is 5. The first-order valence-electron chi connectivity index (χ1n) is 11.4. The Morgan fingerprint density at radius 1 is 0.531 bits per heavy atom. The summed E-state index contributed by atoms with van der Waals surface area (Å²) in [7, 11) is 0. The number of hydrogen-bond donors (Lipinski definition) is 0. The molecule has 0 bridgehead atoms. The van der Waals surface area contributed by atoms with E-state index >= 15 is 0 Å². The van der Waals surface area contributed by atoms with Gasteiger partial charge in [-0.25, -0.2) is 0 Å². The van der Waals surface area contributed by atoms with E-state index in [1.165, 1.54) is 44.5 Å². The summed E-state index contributed by atoms with van der Waals surface area (Å²) in [6.45, 7) is 0. The van der Waals surface area contributed by atoms with Crippen LogP contribution in [0.25, 0.3) is 21.9 Å². The summed E-state index contributed by atoms with van der Waals surface area (Å²) in [5.41, 5.74) is 6.74. The van der Waals surface area contributed by atoms with Crippen molar-refractivity contribution in [1.82, 2.24) is 0 Å². The Labute approximate surface area is 191 Å². The minimum absolute atomic E-state index is 0.956. The van der Waals surface area contributed by atoms with Gasteiger partial charge in [0.2, 0.25) is 0 Å². The summed E-state index contributed by atoms with van der Waals surface area (Å²) in [6, 6.07) is 45.9. The van der Waals surface area contributed by atoms with E-state index in [0.29, 0.717) is 0 Å². The van der Waals surface area contributed by atoms with Crippen LogP contribution in [0.3, 0.4) is 0 Å². The van der Waals surface area contributed by atoms with Crippen LogP contribution in [0.2, 0.25) is 0 Å². The highest BCUT2D eigenvalue weighted by molar-refractivity contribution is 5.86. The van der Waals surface area contributed by atoms with E-state index < -0.39 is 0 Å². The highest BCUT2D eigenvalue weighted by Crippen LogP contribution is 2.35. The molecule has 0 atom stereocenters. The van der Waals surface area contributed by atoms with Crippen molar-refractivity contribution < 1.29 is 0 Å². The van der Waals surface area contributed by atoms with E-state index in [1.807, 2.05) is 0 Å². The van der Waals surface area contributed by atoms with Gasteiger partial charge in [-0.05, 0) is 57.9 Å². The van der Waals surface area contributed by atoms with Crippen LogP contribution in [-0.4, -0.2) is 0 Å². The van der Waals surface area contributed by atoms with E-state index in [9.17, 15) is 0 Å². The molecule has 0 heterocycles. The SMILES string of the molecule is c1ccc(CC[C](Cc2cccc3ccccc23)c2ccccc2-c2ccccc2)cc1. The van der Waals surface area contributed by atoms with Crippen LogP contribution in [-0.2, 0) is 12.8 Å². The smallest absolute Gasteiger partial charge is 0.0103 e. The van der Waals surface area contributed by atoms with Crippen molar-refractivity contribution in [2.75, 3.05) is 0 Å².